The van der Waals surface area contributed by atoms with Gasteiger partial charge in [0.1, 0.15) is 5.75 Å². The summed E-state index contributed by atoms with van der Waals surface area (Å²) in [6.45, 7) is 2.20. The highest BCUT2D eigenvalue weighted by Crippen LogP contribution is 2.28. The molecule has 3 heterocycles. The van der Waals surface area contributed by atoms with E-state index in [1.807, 2.05) is 47.5 Å². The Labute approximate surface area is 206 Å². The van der Waals surface area contributed by atoms with Crippen LogP contribution in [0, 0.1) is 5.92 Å². The van der Waals surface area contributed by atoms with E-state index in [9.17, 15) is 4.79 Å². The van der Waals surface area contributed by atoms with Crippen molar-refractivity contribution in [3.8, 4) is 5.75 Å². The van der Waals surface area contributed by atoms with E-state index in [-0.39, 0.29) is 5.91 Å². The lowest BCUT2D eigenvalue weighted by Gasteiger charge is -2.33. The number of hydrogen-bond acceptors (Lipinski definition) is 5. The predicted octanol–water partition coefficient (Wildman–Crippen LogP) is 5.35. The summed E-state index contributed by atoms with van der Waals surface area (Å²) in [5.74, 6) is 1.24. The van der Waals surface area contributed by atoms with Gasteiger partial charge < -0.3 is 15.0 Å². The summed E-state index contributed by atoms with van der Waals surface area (Å²) >= 11 is 0. The number of aromatic nitrogens is 2. The lowest BCUT2D eigenvalue weighted by atomic mass is 9.90. The van der Waals surface area contributed by atoms with E-state index in [2.05, 4.69) is 39.6 Å². The van der Waals surface area contributed by atoms with Gasteiger partial charge in [0, 0.05) is 49.2 Å². The number of pyridine rings is 2. The van der Waals surface area contributed by atoms with Crippen molar-refractivity contribution in [2.24, 2.45) is 5.92 Å². The van der Waals surface area contributed by atoms with Gasteiger partial charge in [0.2, 0.25) is 0 Å². The second-order valence-electron chi connectivity index (χ2n) is 9.12. The van der Waals surface area contributed by atoms with Gasteiger partial charge in [-0.3, -0.25) is 14.8 Å². The van der Waals surface area contributed by atoms with Gasteiger partial charge in [-0.25, -0.2) is 0 Å². The Morgan fingerprint density at radius 2 is 1.94 bits per heavy atom. The number of amides is 1. The molecule has 0 saturated carbocycles. The van der Waals surface area contributed by atoms with E-state index in [0.29, 0.717) is 18.0 Å². The number of anilines is 1. The van der Waals surface area contributed by atoms with Gasteiger partial charge in [-0.05, 0) is 84.8 Å². The van der Waals surface area contributed by atoms with Crippen molar-refractivity contribution in [1.29, 1.82) is 0 Å². The quantitative estimate of drug-likeness (QED) is 0.398. The second-order valence-corrected chi connectivity index (χ2v) is 9.12. The highest BCUT2D eigenvalue weighted by atomic mass is 16.5. The third kappa shape index (κ3) is 5.43. The highest BCUT2D eigenvalue weighted by Gasteiger charge is 2.25. The third-order valence-electron chi connectivity index (χ3n) is 6.68. The minimum atomic E-state index is 0.0759. The lowest BCUT2D eigenvalue weighted by Crippen LogP contribution is -2.40. The maximum Gasteiger partial charge on any atom is 0.253 e. The van der Waals surface area contributed by atoms with E-state index in [0.717, 1.165) is 54.9 Å². The number of hydrogen-bond donors (Lipinski definition) is 1. The van der Waals surface area contributed by atoms with Crippen LogP contribution in [0.3, 0.4) is 0 Å². The van der Waals surface area contributed by atoms with Crippen molar-refractivity contribution in [3.05, 3.63) is 95.9 Å². The maximum absolute atomic E-state index is 13.4. The summed E-state index contributed by atoms with van der Waals surface area (Å²) in [6.07, 6.45) is 8.50. The van der Waals surface area contributed by atoms with Gasteiger partial charge in [0.15, 0.2) is 0 Å². The molecule has 1 atom stereocenters. The normalized spacial score (nSPS) is 15.7. The Kier molecular flexibility index (Phi) is 6.89. The number of benzene rings is 2. The Hall–Kier alpha value is -3.93. The van der Waals surface area contributed by atoms with Gasteiger partial charge in [-0.1, -0.05) is 12.1 Å². The summed E-state index contributed by atoms with van der Waals surface area (Å²) in [6, 6.07) is 20.1. The molecule has 5 rings (SSSR count). The van der Waals surface area contributed by atoms with Crippen LogP contribution in [0.15, 0.2) is 79.3 Å². The molecule has 4 aromatic rings. The van der Waals surface area contributed by atoms with Crippen LogP contribution in [0.5, 0.6) is 5.75 Å². The summed E-state index contributed by atoms with van der Waals surface area (Å²) < 4.78 is 5.52. The average Bonchev–Trinajstić information content (AvgIpc) is 2.92. The van der Waals surface area contributed by atoms with Gasteiger partial charge in [-0.15, -0.1) is 0 Å². The van der Waals surface area contributed by atoms with Crippen molar-refractivity contribution in [2.45, 2.75) is 25.8 Å². The van der Waals surface area contributed by atoms with E-state index in [1.54, 1.807) is 19.5 Å². The van der Waals surface area contributed by atoms with Crippen LogP contribution in [-0.2, 0) is 13.0 Å². The fourth-order valence-electron chi connectivity index (χ4n) is 4.86. The molecule has 1 saturated heterocycles. The van der Waals surface area contributed by atoms with Gasteiger partial charge >= 0.3 is 0 Å². The molecule has 2 aromatic carbocycles. The number of fused-ring (bicyclic) bond motifs is 1. The van der Waals surface area contributed by atoms with Crippen LogP contribution < -0.4 is 10.1 Å². The fourth-order valence-corrected chi connectivity index (χ4v) is 4.86. The molecule has 0 aliphatic carbocycles. The number of carbonyl (C=O) groups excluding carboxylic acids is 1. The van der Waals surface area contributed by atoms with Crippen LogP contribution in [0.4, 0.5) is 5.69 Å². The SMILES string of the molecule is COc1ccc(C(=O)N2CCCC(Cc3ccc4ncccc4c3)C2)cc1NCc1ccncc1. The van der Waals surface area contributed by atoms with Crippen molar-refractivity contribution in [2.75, 3.05) is 25.5 Å². The van der Waals surface area contributed by atoms with Crippen LogP contribution in [0.1, 0.15) is 34.3 Å². The number of nitrogens with one attached hydrogen (secondary N) is 1. The zero-order chi connectivity index (χ0) is 24.0. The Bertz CT molecular complexity index is 1310. The molecular formula is C29H30N4O2. The number of rotatable bonds is 7. The molecule has 35 heavy (non-hydrogen) atoms. The first-order valence-corrected chi connectivity index (χ1v) is 12.1. The summed E-state index contributed by atoms with van der Waals surface area (Å²) in [5.41, 5.74) is 4.93. The smallest absolute Gasteiger partial charge is 0.253 e. The monoisotopic (exact) mass is 466 g/mol. The van der Waals surface area contributed by atoms with Gasteiger partial charge in [0.25, 0.3) is 5.91 Å². The van der Waals surface area contributed by atoms with Crippen molar-refractivity contribution < 1.29 is 9.53 Å². The third-order valence-corrected chi connectivity index (χ3v) is 6.68. The molecule has 0 spiro atoms. The number of nitrogens with zero attached hydrogens (tertiary/aromatic N) is 3. The van der Waals surface area contributed by atoms with E-state index < -0.39 is 0 Å². The molecule has 6 nitrogen and oxygen atoms in total. The second kappa shape index (κ2) is 10.6. The van der Waals surface area contributed by atoms with Crippen molar-refractivity contribution in [1.82, 2.24) is 14.9 Å². The zero-order valence-electron chi connectivity index (χ0n) is 20.0. The summed E-state index contributed by atoms with van der Waals surface area (Å²) in [5, 5.41) is 4.57. The molecular weight excluding hydrogens is 436 g/mol. The Balaban J connectivity index is 1.27. The molecule has 1 amide bonds. The topological polar surface area (TPSA) is 67.3 Å². The van der Waals surface area contributed by atoms with Crippen molar-refractivity contribution in [3.63, 3.8) is 0 Å². The van der Waals surface area contributed by atoms with Crippen LogP contribution >= 0.6 is 0 Å². The van der Waals surface area contributed by atoms with Crippen LogP contribution in [-0.4, -0.2) is 41.0 Å². The number of ether oxygens (including phenoxy) is 1. The maximum atomic E-state index is 13.4. The Morgan fingerprint density at radius 1 is 1.06 bits per heavy atom. The molecule has 1 N–H and O–H groups in total. The van der Waals surface area contributed by atoms with Gasteiger partial charge in [0.05, 0.1) is 18.3 Å². The van der Waals surface area contributed by atoms with E-state index in [4.69, 9.17) is 4.74 Å². The summed E-state index contributed by atoms with van der Waals surface area (Å²) in [7, 11) is 1.65. The van der Waals surface area contributed by atoms with Crippen LogP contribution in [0.2, 0.25) is 0 Å². The van der Waals surface area contributed by atoms with E-state index in [1.165, 1.54) is 10.9 Å². The number of likely N-dealkylation sites (tertiary alicyclic amines) is 1. The summed E-state index contributed by atoms with van der Waals surface area (Å²) in [4.78, 5) is 23.9. The molecule has 2 aromatic heterocycles. The molecule has 0 bridgehead atoms. The first kappa shape index (κ1) is 22.8. The minimum absolute atomic E-state index is 0.0759. The minimum Gasteiger partial charge on any atom is -0.495 e. The number of carbonyl (C=O) groups is 1. The molecule has 1 unspecified atom stereocenters. The molecule has 1 aliphatic rings. The molecule has 1 aliphatic heterocycles. The molecule has 6 heteroatoms. The predicted molar refractivity (Wildman–Crippen MR) is 139 cm³/mol. The Morgan fingerprint density at radius 3 is 2.80 bits per heavy atom. The highest BCUT2D eigenvalue weighted by molar-refractivity contribution is 5.95. The molecule has 1 fully saturated rings. The fraction of sp³-hybridized carbons (Fsp3) is 0.276. The standard InChI is InChI=1S/C29H30N4O2/c1-35-28-9-7-25(18-27(28)32-19-21-10-13-30-14-11-21)29(34)33-15-3-4-23(20-33)16-22-6-8-26-24(17-22)5-2-12-31-26/h2,5-14,17-18,23,32H,3-4,15-16,19-20H2,1H3. The van der Waals surface area contributed by atoms with Gasteiger partial charge in [-0.2, -0.15) is 0 Å². The number of methoxy groups -OCH3 is 1. The van der Waals surface area contributed by atoms with E-state index >= 15 is 0 Å². The van der Waals surface area contributed by atoms with Crippen molar-refractivity contribution >= 4 is 22.5 Å². The number of piperidine rings is 1. The van der Waals surface area contributed by atoms with Crippen LogP contribution in [0.25, 0.3) is 10.9 Å². The average molecular weight is 467 g/mol. The lowest BCUT2D eigenvalue weighted by molar-refractivity contribution is 0.0673. The first-order chi connectivity index (χ1) is 17.2. The first-order valence-electron chi connectivity index (χ1n) is 12.1. The zero-order valence-corrected chi connectivity index (χ0v) is 20.0. The molecule has 0 radical (unpaired) electrons. The molecule has 178 valence electrons. The largest absolute Gasteiger partial charge is 0.495 e.